The molecule has 0 unspecified atom stereocenters. The average molecular weight is 209 g/mol. The summed E-state index contributed by atoms with van der Waals surface area (Å²) in [6.07, 6.45) is 0.340. The molecule has 0 aliphatic rings. The van der Waals surface area contributed by atoms with E-state index in [4.69, 9.17) is 10.2 Å². The molecule has 78 valence electrons. The van der Waals surface area contributed by atoms with E-state index < -0.39 is 11.9 Å². The lowest BCUT2D eigenvalue weighted by Crippen LogP contribution is -2.05. The zero-order chi connectivity index (χ0) is 11.4. The van der Waals surface area contributed by atoms with Crippen molar-refractivity contribution < 1.29 is 24.6 Å². The molecular weight excluding hydrogens is 202 g/mol. The number of amides is 1. The first-order valence-corrected chi connectivity index (χ1v) is 3.86. The summed E-state index contributed by atoms with van der Waals surface area (Å²) in [4.78, 5) is 31.4. The highest BCUT2D eigenvalue weighted by Gasteiger charge is 2.10. The molecule has 6 nitrogen and oxygen atoms in total. The third kappa shape index (κ3) is 2.53. The van der Waals surface area contributed by atoms with Gasteiger partial charge in [-0.05, 0) is 18.2 Å². The molecule has 15 heavy (non-hydrogen) atoms. The van der Waals surface area contributed by atoms with Gasteiger partial charge in [0.25, 0.3) is 0 Å². The predicted octanol–water partition coefficient (Wildman–Crippen LogP) is 0.651. The maximum atomic E-state index is 10.6. The zero-order valence-electron chi connectivity index (χ0n) is 7.43. The van der Waals surface area contributed by atoms with E-state index in [1.54, 1.807) is 0 Å². The summed E-state index contributed by atoms with van der Waals surface area (Å²) in [7, 11) is 0. The van der Waals surface area contributed by atoms with Gasteiger partial charge >= 0.3 is 11.9 Å². The molecule has 0 aromatic heterocycles. The van der Waals surface area contributed by atoms with Crippen LogP contribution in [0.15, 0.2) is 18.2 Å². The van der Waals surface area contributed by atoms with Crippen molar-refractivity contribution in [3.63, 3.8) is 0 Å². The quantitative estimate of drug-likeness (QED) is 0.631. The fourth-order valence-corrected chi connectivity index (χ4v) is 1.03. The van der Waals surface area contributed by atoms with Gasteiger partial charge in [-0.2, -0.15) is 0 Å². The van der Waals surface area contributed by atoms with Gasteiger partial charge in [0.05, 0.1) is 11.1 Å². The number of hydrogen-bond donors (Lipinski definition) is 3. The summed E-state index contributed by atoms with van der Waals surface area (Å²) >= 11 is 0. The van der Waals surface area contributed by atoms with Gasteiger partial charge in [0, 0.05) is 5.69 Å². The second kappa shape index (κ2) is 4.23. The van der Waals surface area contributed by atoms with Gasteiger partial charge in [0.15, 0.2) is 0 Å². The average Bonchev–Trinajstić information content (AvgIpc) is 2.17. The topological polar surface area (TPSA) is 104 Å². The predicted molar refractivity (Wildman–Crippen MR) is 50.0 cm³/mol. The molecule has 0 bridgehead atoms. The van der Waals surface area contributed by atoms with Crippen molar-refractivity contribution in [2.75, 3.05) is 5.32 Å². The van der Waals surface area contributed by atoms with Crippen LogP contribution >= 0.6 is 0 Å². The Balaban J connectivity index is 3.25. The highest BCUT2D eigenvalue weighted by molar-refractivity contribution is 5.96. The number of carbonyl (C=O) groups is 3. The Morgan fingerprint density at radius 1 is 1.07 bits per heavy atom. The van der Waals surface area contributed by atoms with Crippen molar-refractivity contribution in [1.82, 2.24) is 0 Å². The molecule has 1 amide bonds. The van der Waals surface area contributed by atoms with Gasteiger partial charge in [-0.25, -0.2) is 9.59 Å². The van der Waals surface area contributed by atoms with E-state index in [1.165, 1.54) is 12.1 Å². The van der Waals surface area contributed by atoms with Gasteiger partial charge < -0.3 is 15.5 Å². The number of anilines is 1. The Labute approximate surface area is 84.1 Å². The third-order valence-corrected chi connectivity index (χ3v) is 1.65. The number of hydrogen-bond acceptors (Lipinski definition) is 3. The first kappa shape index (κ1) is 10.7. The van der Waals surface area contributed by atoms with E-state index in [-0.39, 0.29) is 16.8 Å². The SMILES string of the molecule is O=CNc1cc(C(=O)O)cc(C(=O)O)c1. The standard InChI is InChI=1S/C9H7NO5/c11-4-10-7-2-5(8(12)13)1-6(3-7)9(14)15/h1-4H,(H,10,11)(H,12,13)(H,14,15). The molecule has 1 rings (SSSR count). The summed E-state index contributed by atoms with van der Waals surface area (Å²) in [5.41, 5.74) is -0.263. The minimum Gasteiger partial charge on any atom is -0.478 e. The van der Waals surface area contributed by atoms with E-state index in [0.29, 0.717) is 6.41 Å². The minimum atomic E-state index is -1.26. The van der Waals surface area contributed by atoms with Gasteiger partial charge in [-0.3, -0.25) is 4.79 Å². The van der Waals surface area contributed by atoms with Crippen LogP contribution in [0.1, 0.15) is 20.7 Å². The van der Waals surface area contributed by atoms with E-state index in [0.717, 1.165) is 6.07 Å². The first-order valence-electron chi connectivity index (χ1n) is 3.86. The highest BCUT2D eigenvalue weighted by Crippen LogP contribution is 2.14. The Bertz CT molecular complexity index is 394. The van der Waals surface area contributed by atoms with Crippen LogP contribution in [0.2, 0.25) is 0 Å². The van der Waals surface area contributed by atoms with E-state index in [9.17, 15) is 14.4 Å². The van der Waals surface area contributed by atoms with Crippen LogP contribution in [0.3, 0.4) is 0 Å². The molecule has 0 fully saturated rings. The molecule has 0 aliphatic carbocycles. The number of carboxylic acid groups (broad SMARTS) is 2. The molecule has 1 aromatic rings. The Morgan fingerprint density at radius 3 is 1.87 bits per heavy atom. The fourth-order valence-electron chi connectivity index (χ4n) is 1.03. The number of carboxylic acids is 2. The molecule has 0 atom stereocenters. The normalized spacial score (nSPS) is 9.33. The molecule has 0 aliphatic heterocycles. The second-order valence-corrected chi connectivity index (χ2v) is 2.67. The van der Waals surface area contributed by atoms with E-state index >= 15 is 0 Å². The number of aromatic carboxylic acids is 2. The number of benzene rings is 1. The lowest BCUT2D eigenvalue weighted by Gasteiger charge is -2.03. The summed E-state index contributed by atoms with van der Waals surface area (Å²) in [5.74, 6) is -2.51. The summed E-state index contributed by atoms with van der Waals surface area (Å²) < 4.78 is 0. The molecule has 0 radical (unpaired) electrons. The molecular formula is C9H7NO5. The molecule has 0 spiro atoms. The van der Waals surface area contributed by atoms with Crippen molar-refractivity contribution >= 4 is 24.0 Å². The lowest BCUT2D eigenvalue weighted by molar-refractivity contribution is -0.105. The molecule has 6 heteroatoms. The van der Waals surface area contributed by atoms with E-state index in [2.05, 4.69) is 5.32 Å². The van der Waals surface area contributed by atoms with Gasteiger partial charge in [0.1, 0.15) is 0 Å². The van der Waals surface area contributed by atoms with Crippen LogP contribution in [0.4, 0.5) is 5.69 Å². The van der Waals surface area contributed by atoms with Crippen molar-refractivity contribution in [3.05, 3.63) is 29.3 Å². The van der Waals surface area contributed by atoms with Crippen molar-refractivity contribution in [1.29, 1.82) is 0 Å². The van der Waals surface area contributed by atoms with Crippen LogP contribution in [0, 0.1) is 0 Å². The molecule has 1 aromatic carbocycles. The Hall–Kier alpha value is -2.37. The largest absolute Gasteiger partial charge is 0.478 e. The maximum Gasteiger partial charge on any atom is 0.335 e. The molecule has 0 saturated carbocycles. The summed E-state index contributed by atoms with van der Waals surface area (Å²) in [6.45, 7) is 0. The van der Waals surface area contributed by atoms with Crippen LogP contribution in [-0.2, 0) is 4.79 Å². The van der Waals surface area contributed by atoms with Crippen LogP contribution in [-0.4, -0.2) is 28.6 Å². The molecule has 0 saturated heterocycles. The van der Waals surface area contributed by atoms with Crippen LogP contribution in [0.25, 0.3) is 0 Å². The van der Waals surface area contributed by atoms with Gasteiger partial charge in [-0.15, -0.1) is 0 Å². The second-order valence-electron chi connectivity index (χ2n) is 2.67. The number of nitrogens with one attached hydrogen (secondary N) is 1. The minimum absolute atomic E-state index is 0.127. The van der Waals surface area contributed by atoms with Crippen LogP contribution < -0.4 is 5.32 Å². The Morgan fingerprint density at radius 2 is 1.53 bits per heavy atom. The van der Waals surface area contributed by atoms with Crippen molar-refractivity contribution in [3.8, 4) is 0 Å². The fraction of sp³-hybridized carbons (Fsp3) is 0. The van der Waals surface area contributed by atoms with Crippen molar-refractivity contribution in [2.45, 2.75) is 0 Å². The number of rotatable bonds is 4. The number of carbonyl (C=O) groups excluding carboxylic acids is 1. The van der Waals surface area contributed by atoms with E-state index in [1.807, 2.05) is 0 Å². The van der Waals surface area contributed by atoms with Crippen molar-refractivity contribution in [2.24, 2.45) is 0 Å². The Kier molecular flexibility index (Phi) is 3.02. The summed E-state index contributed by atoms with van der Waals surface area (Å²) in [6, 6.07) is 3.35. The third-order valence-electron chi connectivity index (χ3n) is 1.65. The lowest BCUT2D eigenvalue weighted by atomic mass is 10.1. The van der Waals surface area contributed by atoms with Crippen LogP contribution in [0.5, 0.6) is 0 Å². The maximum absolute atomic E-state index is 10.6. The zero-order valence-corrected chi connectivity index (χ0v) is 7.43. The molecule has 0 heterocycles. The smallest absolute Gasteiger partial charge is 0.335 e. The summed E-state index contributed by atoms with van der Waals surface area (Å²) in [5, 5.41) is 19.5. The monoisotopic (exact) mass is 209 g/mol. The first-order chi connectivity index (χ1) is 7.04. The molecule has 3 N–H and O–H groups in total. The van der Waals surface area contributed by atoms with Gasteiger partial charge in [0.2, 0.25) is 6.41 Å². The van der Waals surface area contributed by atoms with Gasteiger partial charge in [-0.1, -0.05) is 0 Å². The highest BCUT2D eigenvalue weighted by atomic mass is 16.4.